The maximum absolute atomic E-state index is 11.9. The average Bonchev–Trinajstić information content (AvgIpc) is 3.12. The molecule has 4 nitrogen and oxygen atoms in total. The SMILES string of the molecule is COc1ccc(C=CC2=NC(=Cc3sccc3C)C(=O)O2)cc1. The largest absolute Gasteiger partial charge is 0.497 e. The van der Waals surface area contributed by atoms with Crippen LogP contribution in [0, 0.1) is 6.92 Å². The first-order chi connectivity index (χ1) is 11.2. The van der Waals surface area contributed by atoms with Gasteiger partial charge in [0.15, 0.2) is 5.70 Å². The number of methoxy groups -OCH3 is 1. The Bertz CT molecular complexity index is 813. The van der Waals surface area contributed by atoms with Crippen LogP contribution in [0.4, 0.5) is 0 Å². The highest BCUT2D eigenvalue weighted by Crippen LogP contribution is 2.22. The van der Waals surface area contributed by atoms with Gasteiger partial charge in [-0.15, -0.1) is 11.3 Å². The van der Waals surface area contributed by atoms with Crippen LogP contribution >= 0.6 is 11.3 Å². The minimum Gasteiger partial charge on any atom is -0.497 e. The number of nitrogens with zero attached hydrogens (tertiary/aromatic N) is 1. The number of carbonyl (C=O) groups excluding carboxylic acids is 1. The van der Waals surface area contributed by atoms with Gasteiger partial charge in [-0.1, -0.05) is 12.1 Å². The Morgan fingerprint density at radius 2 is 1.96 bits per heavy atom. The van der Waals surface area contributed by atoms with Crippen molar-refractivity contribution in [2.24, 2.45) is 4.99 Å². The number of cyclic esters (lactones) is 1. The van der Waals surface area contributed by atoms with Gasteiger partial charge in [-0.3, -0.25) is 0 Å². The zero-order valence-electron chi connectivity index (χ0n) is 12.8. The van der Waals surface area contributed by atoms with E-state index in [1.807, 2.05) is 48.7 Å². The van der Waals surface area contributed by atoms with E-state index in [-0.39, 0.29) is 0 Å². The molecule has 0 unspecified atom stereocenters. The summed E-state index contributed by atoms with van der Waals surface area (Å²) in [7, 11) is 1.63. The lowest BCUT2D eigenvalue weighted by atomic mass is 10.2. The van der Waals surface area contributed by atoms with Gasteiger partial charge in [-0.25, -0.2) is 9.79 Å². The lowest BCUT2D eigenvalue weighted by Crippen LogP contribution is -2.01. The van der Waals surface area contributed by atoms with Crippen molar-refractivity contribution < 1.29 is 14.3 Å². The molecule has 1 aliphatic heterocycles. The fourth-order valence-electron chi connectivity index (χ4n) is 2.04. The second-order valence-corrected chi connectivity index (χ2v) is 5.89. The Kier molecular flexibility index (Phi) is 4.39. The number of aliphatic imine (C=N–C) groups is 1. The molecule has 0 bridgehead atoms. The summed E-state index contributed by atoms with van der Waals surface area (Å²) in [6, 6.07) is 9.57. The third kappa shape index (κ3) is 3.57. The molecule has 0 aliphatic carbocycles. The van der Waals surface area contributed by atoms with E-state index in [9.17, 15) is 4.79 Å². The first-order valence-electron chi connectivity index (χ1n) is 7.04. The lowest BCUT2D eigenvalue weighted by Gasteiger charge is -1.98. The molecular formula is C18H15NO3S. The Morgan fingerprint density at radius 1 is 1.17 bits per heavy atom. The van der Waals surface area contributed by atoms with Gasteiger partial charge in [-0.2, -0.15) is 0 Å². The number of hydrogen-bond donors (Lipinski definition) is 0. The Morgan fingerprint density at radius 3 is 2.61 bits per heavy atom. The van der Waals surface area contributed by atoms with E-state index >= 15 is 0 Å². The van der Waals surface area contributed by atoms with Crippen LogP contribution in [0.3, 0.4) is 0 Å². The maximum atomic E-state index is 11.9. The molecule has 5 heteroatoms. The normalized spacial score (nSPS) is 16.0. The van der Waals surface area contributed by atoms with Crippen molar-refractivity contribution in [3.05, 3.63) is 63.5 Å². The molecule has 116 valence electrons. The predicted octanol–water partition coefficient (Wildman–Crippen LogP) is 4.07. The first kappa shape index (κ1) is 15.2. The second-order valence-electron chi connectivity index (χ2n) is 4.94. The third-order valence-electron chi connectivity index (χ3n) is 3.34. The molecule has 0 saturated carbocycles. The van der Waals surface area contributed by atoms with Gasteiger partial charge in [0.1, 0.15) is 5.75 Å². The van der Waals surface area contributed by atoms with Crippen LogP contribution in [0.2, 0.25) is 0 Å². The Labute approximate surface area is 138 Å². The molecule has 23 heavy (non-hydrogen) atoms. The summed E-state index contributed by atoms with van der Waals surface area (Å²) >= 11 is 1.57. The van der Waals surface area contributed by atoms with Crippen LogP contribution in [-0.2, 0) is 9.53 Å². The highest BCUT2D eigenvalue weighted by atomic mass is 32.1. The first-order valence-corrected chi connectivity index (χ1v) is 7.92. The molecule has 3 rings (SSSR count). The standard InChI is InChI=1S/C18H15NO3S/c1-12-9-10-23-16(12)11-15-18(20)22-17(19-15)8-5-13-3-6-14(21-2)7-4-13/h3-11H,1-2H3. The maximum Gasteiger partial charge on any atom is 0.363 e. The van der Waals surface area contributed by atoms with E-state index in [1.54, 1.807) is 30.6 Å². The van der Waals surface area contributed by atoms with Gasteiger partial charge < -0.3 is 9.47 Å². The smallest absolute Gasteiger partial charge is 0.363 e. The quantitative estimate of drug-likeness (QED) is 0.629. The van der Waals surface area contributed by atoms with Gasteiger partial charge >= 0.3 is 5.97 Å². The van der Waals surface area contributed by atoms with Crippen LogP contribution in [0.1, 0.15) is 16.0 Å². The van der Waals surface area contributed by atoms with Crippen molar-refractivity contribution in [1.29, 1.82) is 0 Å². The summed E-state index contributed by atoms with van der Waals surface area (Å²) in [4.78, 5) is 17.1. The summed E-state index contributed by atoms with van der Waals surface area (Å²) < 4.78 is 10.3. The van der Waals surface area contributed by atoms with Gasteiger partial charge in [-0.05, 0) is 53.8 Å². The molecule has 1 aromatic heterocycles. The molecule has 0 amide bonds. The van der Waals surface area contributed by atoms with Crippen LogP contribution in [-0.4, -0.2) is 19.0 Å². The number of thiophene rings is 1. The molecule has 0 fully saturated rings. The van der Waals surface area contributed by atoms with Crippen molar-refractivity contribution in [2.75, 3.05) is 7.11 Å². The number of benzene rings is 1. The number of carbonyl (C=O) groups is 1. The lowest BCUT2D eigenvalue weighted by molar-refractivity contribution is -0.129. The van der Waals surface area contributed by atoms with Gasteiger partial charge in [0.25, 0.3) is 0 Å². The molecule has 0 atom stereocenters. The van der Waals surface area contributed by atoms with E-state index in [4.69, 9.17) is 9.47 Å². The van der Waals surface area contributed by atoms with E-state index in [0.29, 0.717) is 11.6 Å². The van der Waals surface area contributed by atoms with E-state index < -0.39 is 5.97 Å². The number of aryl methyl sites for hydroxylation is 1. The fraction of sp³-hybridized carbons (Fsp3) is 0.111. The Hall–Kier alpha value is -2.66. The zero-order chi connectivity index (χ0) is 16.2. The molecule has 1 aromatic carbocycles. The number of rotatable bonds is 4. The van der Waals surface area contributed by atoms with E-state index in [0.717, 1.165) is 21.8 Å². The van der Waals surface area contributed by atoms with E-state index in [1.165, 1.54) is 0 Å². The molecule has 2 heterocycles. The fourth-order valence-corrected chi connectivity index (χ4v) is 2.89. The van der Waals surface area contributed by atoms with Crippen molar-refractivity contribution in [1.82, 2.24) is 0 Å². The van der Waals surface area contributed by atoms with Crippen LogP contribution in [0.5, 0.6) is 5.75 Å². The van der Waals surface area contributed by atoms with E-state index in [2.05, 4.69) is 4.99 Å². The molecule has 0 saturated heterocycles. The van der Waals surface area contributed by atoms with Gasteiger partial charge in [0, 0.05) is 11.0 Å². The molecule has 0 radical (unpaired) electrons. The minimum absolute atomic E-state index is 0.297. The summed E-state index contributed by atoms with van der Waals surface area (Å²) in [6.45, 7) is 2.00. The monoisotopic (exact) mass is 325 g/mol. The average molecular weight is 325 g/mol. The number of ether oxygens (including phenoxy) is 2. The summed E-state index contributed by atoms with van der Waals surface area (Å²) in [6.07, 6.45) is 5.28. The predicted molar refractivity (Wildman–Crippen MR) is 92.6 cm³/mol. The van der Waals surface area contributed by atoms with Crippen LogP contribution in [0.15, 0.2) is 52.5 Å². The summed E-state index contributed by atoms with van der Waals surface area (Å²) in [5, 5.41) is 1.98. The van der Waals surface area contributed by atoms with Crippen molar-refractivity contribution in [3.8, 4) is 5.75 Å². The number of hydrogen-bond acceptors (Lipinski definition) is 5. The molecule has 0 N–H and O–H groups in total. The zero-order valence-corrected chi connectivity index (χ0v) is 13.6. The third-order valence-corrected chi connectivity index (χ3v) is 4.31. The summed E-state index contributed by atoms with van der Waals surface area (Å²) in [5.74, 6) is 0.668. The second kappa shape index (κ2) is 6.62. The highest BCUT2D eigenvalue weighted by Gasteiger charge is 2.21. The summed E-state index contributed by atoms with van der Waals surface area (Å²) in [5.41, 5.74) is 2.41. The van der Waals surface area contributed by atoms with Gasteiger partial charge in [0.05, 0.1) is 7.11 Å². The van der Waals surface area contributed by atoms with Crippen LogP contribution in [0.25, 0.3) is 12.2 Å². The van der Waals surface area contributed by atoms with Crippen molar-refractivity contribution >= 4 is 35.4 Å². The van der Waals surface area contributed by atoms with Gasteiger partial charge in [0.2, 0.25) is 5.90 Å². The Balaban J connectivity index is 1.77. The molecule has 0 spiro atoms. The van der Waals surface area contributed by atoms with Crippen molar-refractivity contribution in [2.45, 2.75) is 6.92 Å². The topological polar surface area (TPSA) is 47.9 Å². The molecule has 1 aliphatic rings. The van der Waals surface area contributed by atoms with Crippen LogP contribution < -0.4 is 4.74 Å². The van der Waals surface area contributed by atoms with Crippen molar-refractivity contribution in [3.63, 3.8) is 0 Å². The number of esters is 1. The minimum atomic E-state index is -0.424. The molecular weight excluding hydrogens is 310 g/mol. The highest BCUT2D eigenvalue weighted by molar-refractivity contribution is 7.11. The molecule has 2 aromatic rings.